The van der Waals surface area contributed by atoms with E-state index in [2.05, 4.69) is 15.5 Å². The Morgan fingerprint density at radius 1 is 1.21 bits per heavy atom. The topological polar surface area (TPSA) is 93.6 Å². The fourth-order valence-corrected chi connectivity index (χ4v) is 2.13. The highest BCUT2D eigenvalue weighted by atomic mass is 32.1. The summed E-state index contributed by atoms with van der Waals surface area (Å²) in [6.45, 7) is 0. The van der Waals surface area contributed by atoms with E-state index in [0.29, 0.717) is 16.5 Å². The van der Waals surface area contributed by atoms with Gasteiger partial charge in [-0.1, -0.05) is 11.3 Å². The van der Waals surface area contributed by atoms with Gasteiger partial charge in [-0.05, 0) is 12.1 Å². The van der Waals surface area contributed by atoms with E-state index < -0.39 is 6.09 Å². The molecule has 19 heavy (non-hydrogen) atoms. The highest BCUT2D eigenvalue weighted by molar-refractivity contribution is 7.18. The van der Waals surface area contributed by atoms with Crippen molar-refractivity contribution in [3.8, 4) is 22.1 Å². The predicted molar refractivity (Wildman–Crippen MR) is 70.1 cm³/mol. The van der Waals surface area contributed by atoms with E-state index in [-0.39, 0.29) is 5.13 Å². The molecular formula is C11H11N3O4S. The molecule has 0 aliphatic carbocycles. The van der Waals surface area contributed by atoms with Gasteiger partial charge in [0.15, 0.2) is 0 Å². The summed E-state index contributed by atoms with van der Waals surface area (Å²) < 4.78 is 10.3. The Balaban J connectivity index is 2.35. The second-order valence-corrected chi connectivity index (χ2v) is 4.42. The smallest absolute Gasteiger partial charge is 0.411 e. The molecule has 2 N–H and O–H groups in total. The summed E-state index contributed by atoms with van der Waals surface area (Å²) in [6, 6.07) is 5.28. The summed E-state index contributed by atoms with van der Waals surface area (Å²) in [5.74, 6) is 1.24. The van der Waals surface area contributed by atoms with E-state index in [9.17, 15) is 4.79 Å². The van der Waals surface area contributed by atoms with E-state index in [4.69, 9.17) is 14.6 Å². The van der Waals surface area contributed by atoms with Crippen LogP contribution in [0.1, 0.15) is 0 Å². The van der Waals surface area contributed by atoms with Crippen molar-refractivity contribution in [1.29, 1.82) is 0 Å². The van der Waals surface area contributed by atoms with Crippen LogP contribution < -0.4 is 14.8 Å². The predicted octanol–water partition coefficient (Wildman–Crippen LogP) is 2.31. The number of hydrogen-bond donors (Lipinski definition) is 2. The first-order valence-electron chi connectivity index (χ1n) is 5.19. The molecule has 2 rings (SSSR count). The number of carbonyl (C=O) groups is 1. The van der Waals surface area contributed by atoms with Gasteiger partial charge in [0.1, 0.15) is 16.5 Å². The molecule has 0 radical (unpaired) electrons. The molecule has 0 saturated heterocycles. The third-order valence-corrected chi connectivity index (χ3v) is 3.13. The highest BCUT2D eigenvalue weighted by Crippen LogP contribution is 2.32. The number of nitrogens with zero attached hydrogens (tertiary/aromatic N) is 2. The number of methoxy groups -OCH3 is 2. The van der Waals surface area contributed by atoms with Crippen molar-refractivity contribution in [2.24, 2.45) is 0 Å². The molecule has 1 amide bonds. The van der Waals surface area contributed by atoms with Gasteiger partial charge in [-0.2, -0.15) is 0 Å². The van der Waals surface area contributed by atoms with E-state index in [1.54, 1.807) is 32.4 Å². The van der Waals surface area contributed by atoms with Crippen molar-refractivity contribution in [2.45, 2.75) is 0 Å². The van der Waals surface area contributed by atoms with Crippen LogP contribution in [0.3, 0.4) is 0 Å². The van der Waals surface area contributed by atoms with E-state index in [1.165, 1.54) is 0 Å². The minimum absolute atomic E-state index is 0.212. The zero-order valence-corrected chi connectivity index (χ0v) is 11.0. The quantitative estimate of drug-likeness (QED) is 0.893. The lowest BCUT2D eigenvalue weighted by atomic mass is 10.2. The number of hydrogen-bond acceptors (Lipinski definition) is 6. The number of aromatic nitrogens is 2. The van der Waals surface area contributed by atoms with Gasteiger partial charge in [-0.3, -0.25) is 5.32 Å². The third kappa shape index (κ3) is 3.10. The van der Waals surface area contributed by atoms with Crippen LogP contribution >= 0.6 is 11.3 Å². The Labute approximate surface area is 112 Å². The van der Waals surface area contributed by atoms with Gasteiger partial charge in [0.2, 0.25) is 5.13 Å². The van der Waals surface area contributed by atoms with Crippen LogP contribution in [0.4, 0.5) is 9.93 Å². The van der Waals surface area contributed by atoms with Gasteiger partial charge < -0.3 is 14.6 Å². The lowest BCUT2D eigenvalue weighted by molar-refractivity contribution is 0.209. The first-order chi connectivity index (χ1) is 9.12. The molecule has 2 aromatic rings. The molecule has 1 heterocycles. The summed E-state index contributed by atoms with van der Waals surface area (Å²) in [5.41, 5.74) is 0.743. The lowest BCUT2D eigenvalue weighted by Gasteiger charge is -2.06. The molecule has 0 unspecified atom stereocenters. The largest absolute Gasteiger partial charge is 0.497 e. The number of ether oxygens (including phenoxy) is 2. The summed E-state index contributed by atoms with van der Waals surface area (Å²) in [5, 5.41) is 19.2. The molecule has 0 spiro atoms. The second kappa shape index (κ2) is 5.53. The Morgan fingerprint density at radius 2 is 1.84 bits per heavy atom. The maximum atomic E-state index is 10.5. The van der Waals surface area contributed by atoms with Crippen molar-refractivity contribution in [2.75, 3.05) is 19.5 Å². The number of carboxylic acid groups (broad SMARTS) is 1. The molecule has 0 fully saturated rings. The Kier molecular flexibility index (Phi) is 3.81. The zero-order chi connectivity index (χ0) is 13.8. The van der Waals surface area contributed by atoms with E-state index >= 15 is 0 Å². The maximum Gasteiger partial charge on any atom is 0.411 e. The molecular weight excluding hydrogens is 270 g/mol. The number of rotatable bonds is 4. The fourth-order valence-electron chi connectivity index (χ4n) is 1.41. The fraction of sp³-hybridized carbons (Fsp3) is 0.182. The average molecular weight is 281 g/mol. The molecule has 0 aliphatic rings. The molecule has 1 aromatic carbocycles. The van der Waals surface area contributed by atoms with Crippen molar-refractivity contribution in [3.63, 3.8) is 0 Å². The van der Waals surface area contributed by atoms with Crippen LogP contribution in [0.15, 0.2) is 18.2 Å². The van der Waals surface area contributed by atoms with Gasteiger partial charge in [0.25, 0.3) is 0 Å². The van der Waals surface area contributed by atoms with E-state index in [1.807, 2.05) is 0 Å². The zero-order valence-electron chi connectivity index (χ0n) is 10.2. The normalized spacial score (nSPS) is 10.0. The van der Waals surface area contributed by atoms with Crippen molar-refractivity contribution in [3.05, 3.63) is 18.2 Å². The minimum Gasteiger partial charge on any atom is -0.497 e. The maximum absolute atomic E-state index is 10.5. The third-order valence-electron chi connectivity index (χ3n) is 2.24. The van der Waals surface area contributed by atoms with Crippen LogP contribution in [-0.2, 0) is 0 Å². The minimum atomic E-state index is -1.18. The Hall–Kier alpha value is -2.35. The second-order valence-electron chi connectivity index (χ2n) is 3.44. The van der Waals surface area contributed by atoms with Gasteiger partial charge in [-0.25, -0.2) is 4.79 Å². The van der Waals surface area contributed by atoms with Gasteiger partial charge >= 0.3 is 6.09 Å². The van der Waals surface area contributed by atoms with Crippen LogP contribution in [0.5, 0.6) is 11.5 Å². The monoisotopic (exact) mass is 281 g/mol. The first-order valence-corrected chi connectivity index (χ1v) is 6.01. The summed E-state index contributed by atoms with van der Waals surface area (Å²) in [4.78, 5) is 10.5. The Morgan fingerprint density at radius 3 is 2.37 bits per heavy atom. The van der Waals surface area contributed by atoms with Crippen LogP contribution in [0.2, 0.25) is 0 Å². The molecule has 0 bridgehead atoms. The van der Waals surface area contributed by atoms with Gasteiger partial charge in [-0.15, -0.1) is 10.2 Å². The molecule has 0 aliphatic heterocycles. The molecule has 7 nitrogen and oxygen atoms in total. The first kappa shape index (κ1) is 13.1. The van der Waals surface area contributed by atoms with Crippen LogP contribution in [-0.4, -0.2) is 35.6 Å². The molecule has 1 aromatic heterocycles. The number of benzene rings is 1. The van der Waals surface area contributed by atoms with E-state index in [0.717, 1.165) is 16.9 Å². The highest BCUT2D eigenvalue weighted by Gasteiger charge is 2.11. The number of amides is 1. The molecule has 0 saturated carbocycles. The lowest BCUT2D eigenvalue weighted by Crippen LogP contribution is -2.06. The molecule has 100 valence electrons. The van der Waals surface area contributed by atoms with Gasteiger partial charge in [0.05, 0.1) is 14.2 Å². The van der Waals surface area contributed by atoms with Gasteiger partial charge in [0, 0.05) is 11.6 Å². The number of anilines is 1. The van der Waals surface area contributed by atoms with Crippen molar-refractivity contribution < 1.29 is 19.4 Å². The average Bonchev–Trinajstić information content (AvgIpc) is 2.85. The summed E-state index contributed by atoms with van der Waals surface area (Å²) >= 11 is 1.13. The van der Waals surface area contributed by atoms with Crippen LogP contribution in [0.25, 0.3) is 10.6 Å². The standard InChI is InChI=1S/C11H11N3O4S/c1-17-7-3-6(4-8(5-7)18-2)9-13-14-10(19-9)12-11(15)16/h3-5H,1-2H3,(H,12,14)(H,15,16). The summed E-state index contributed by atoms with van der Waals surface area (Å²) in [7, 11) is 3.10. The molecule has 8 heteroatoms. The van der Waals surface area contributed by atoms with Crippen LogP contribution in [0, 0.1) is 0 Å². The summed E-state index contributed by atoms with van der Waals surface area (Å²) in [6.07, 6.45) is -1.18. The Bertz CT molecular complexity index is 577. The van der Waals surface area contributed by atoms with Crippen molar-refractivity contribution in [1.82, 2.24) is 10.2 Å². The number of nitrogens with one attached hydrogen (secondary N) is 1. The molecule has 0 atom stereocenters. The van der Waals surface area contributed by atoms with Crippen molar-refractivity contribution >= 4 is 22.6 Å². The SMILES string of the molecule is COc1cc(OC)cc(-c2nnc(NC(=O)O)s2)c1.